The number of hydrogen-bond acceptors (Lipinski definition) is 4. The fourth-order valence-corrected chi connectivity index (χ4v) is 3.19. The van der Waals surface area contributed by atoms with Crippen molar-refractivity contribution in [2.45, 2.75) is 38.4 Å². The highest BCUT2D eigenvalue weighted by Gasteiger charge is 2.52. The van der Waals surface area contributed by atoms with E-state index in [-0.39, 0.29) is 18.8 Å². The van der Waals surface area contributed by atoms with Crippen molar-refractivity contribution in [2.24, 2.45) is 5.41 Å². The van der Waals surface area contributed by atoms with E-state index in [9.17, 15) is 13.2 Å². The molecule has 0 unspecified atom stereocenters. The van der Waals surface area contributed by atoms with Crippen LogP contribution in [0, 0.1) is 5.41 Å². The van der Waals surface area contributed by atoms with Crippen LogP contribution in [0.5, 0.6) is 0 Å². The minimum Gasteiger partial charge on any atom is -0.465 e. The lowest BCUT2D eigenvalue weighted by Crippen LogP contribution is -2.47. The molecule has 0 radical (unpaired) electrons. The molecule has 0 aromatic carbocycles. The summed E-state index contributed by atoms with van der Waals surface area (Å²) in [5.74, 6) is -0.319. The molecule has 1 rings (SSSR count). The Morgan fingerprint density at radius 2 is 2.07 bits per heavy atom. The van der Waals surface area contributed by atoms with Crippen LogP contribution in [-0.4, -0.2) is 26.2 Å². The molecular formula is C9H15ClO4S. The standard InChI is InChI=1S/C9H15ClO4S/c1-3-4-14-8(11)9(2)5-7(6-9)15(10,12)13/h7H,3-6H2,1-2H3. The van der Waals surface area contributed by atoms with Crippen molar-refractivity contribution in [1.82, 2.24) is 0 Å². The molecule has 15 heavy (non-hydrogen) atoms. The van der Waals surface area contributed by atoms with Crippen molar-refractivity contribution in [2.75, 3.05) is 6.61 Å². The van der Waals surface area contributed by atoms with Crippen LogP contribution in [0.1, 0.15) is 33.1 Å². The largest absolute Gasteiger partial charge is 0.465 e. The molecule has 0 bridgehead atoms. The highest BCUT2D eigenvalue weighted by molar-refractivity contribution is 8.14. The average molecular weight is 255 g/mol. The van der Waals surface area contributed by atoms with Crippen LogP contribution >= 0.6 is 10.7 Å². The summed E-state index contributed by atoms with van der Waals surface area (Å²) in [5.41, 5.74) is -0.665. The predicted molar refractivity (Wildman–Crippen MR) is 57.2 cm³/mol. The zero-order chi connectivity index (χ0) is 11.7. The highest BCUT2D eigenvalue weighted by Crippen LogP contribution is 2.46. The van der Waals surface area contributed by atoms with Crippen LogP contribution in [-0.2, 0) is 18.6 Å². The molecule has 0 aromatic rings. The third kappa shape index (κ3) is 2.84. The van der Waals surface area contributed by atoms with Gasteiger partial charge in [0.05, 0.1) is 17.3 Å². The van der Waals surface area contributed by atoms with Gasteiger partial charge in [0.15, 0.2) is 0 Å². The van der Waals surface area contributed by atoms with Gasteiger partial charge in [-0.25, -0.2) is 8.42 Å². The van der Waals surface area contributed by atoms with Gasteiger partial charge in [0.1, 0.15) is 0 Å². The molecule has 4 nitrogen and oxygen atoms in total. The summed E-state index contributed by atoms with van der Waals surface area (Å²) < 4.78 is 26.9. The minimum absolute atomic E-state index is 0.265. The minimum atomic E-state index is -3.53. The van der Waals surface area contributed by atoms with E-state index in [1.807, 2.05) is 6.92 Å². The predicted octanol–water partition coefficient (Wildman–Crippen LogP) is 1.68. The van der Waals surface area contributed by atoms with E-state index in [2.05, 4.69) is 0 Å². The number of carbonyl (C=O) groups is 1. The van der Waals surface area contributed by atoms with E-state index in [4.69, 9.17) is 15.4 Å². The van der Waals surface area contributed by atoms with Crippen LogP contribution in [0.4, 0.5) is 0 Å². The first-order valence-corrected chi connectivity index (χ1v) is 7.27. The maximum absolute atomic E-state index is 11.5. The molecule has 1 aliphatic carbocycles. The first-order valence-electron chi connectivity index (χ1n) is 4.90. The molecule has 0 atom stereocenters. The summed E-state index contributed by atoms with van der Waals surface area (Å²) in [7, 11) is 1.66. The van der Waals surface area contributed by atoms with E-state index in [0.717, 1.165) is 6.42 Å². The van der Waals surface area contributed by atoms with E-state index >= 15 is 0 Å². The summed E-state index contributed by atoms with van der Waals surface area (Å²) in [5, 5.41) is -0.599. The van der Waals surface area contributed by atoms with Gasteiger partial charge in [-0.1, -0.05) is 6.92 Å². The monoisotopic (exact) mass is 254 g/mol. The molecule has 1 aliphatic rings. The molecular weight excluding hydrogens is 240 g/mol. The van der Waals surface area contributed by atoms with E-state index in [1.165, 1.54) is 0 Å². The lowest BCUT2D eigenvalue weighted by molar-refractivity contribution is -0.159. The molecule has 6 heteroatoms. The van der Waals surface area contributed by atoms with Crippen LogP contribution in [0.15, 0.2) is 0 Å². The summed E-state index contributed by atoms with van der Waals surface area (Å²) in [6, 6.07) is 0. The molecule has 0 saturated heterocycles. The lowest BCUT2D eigenvalue weighted by atomic mass is 9.70. The van der Waals surface area contributed by atoms with Crippen molar-refractivity contribution in [3.8, 4) is 0 Å². The number of hydrogen-bond donors (Lipinski definition) is 0. The van der Waals surface area contributed by atoms with Crippen LogP contribution in [0.2, 0.25) is 0 Å². The molecule has 1 saturated carbocycles. The smallest absolute Gasteiger partial charge is 0.311 e. The van der Waals surface area contributed by atoms with Crippen molar-refractivity contribution in [3.63, 3.8) is 0 Å². The van der Waals surface area contributed by atoms with Gasteiger partial charge in [-0.2, -0.15) is 0 Å². The van der Waals surface area contributed by atoms with Crippen LogP contribution in [0.25, 0.3) is 0 Å². The van der Waals surface area contributed by atoms with Gasteiger partial charge in [0.25, 0.3) is 0 Å². The second-order valence-electron chi connectivity index (χ2n) is 4.20. The third-order valence-corrected chi connectivity index (χ3v) is 4.57. The second-order valence-corrected chi connectivity index (χ2v) is 7.11. The summed E-state index contributed by atoms with van der Waals surface area (Å²) in [4.78, 5) is 11.5. The van der Waals surface area contributed by atoms with Gasteiger partial charge < -0.3 is 4.74 Å². The Morgan fingerprint density at radius 3 is 2.47 bits per heavy atom. The van der Waals surface area contributed by atoms with Gasteiger partial charge in [-0.3, -0.25) is 4.79 Å². The SMILES string of the molecule is CCCOC(=O)C1(C)CC(S(=O)(=O)Cl)C1. The Morgan fingerprint density at radius 1 is 1.53 bits per heavy atom. The summed E-state index contributed by atoms with van der Waals surface area (Å²) >= 11 is 0. The van der Waals surface area contributed by atoms with Gasteiger partial charge in [-0.05, 0) is 26.2 Å². The fraction of sp³-hybridized carbons (Fsp3) is 0.889. The highest BCUT2D eigenvalue weighted by atomic mass is 35.7. The quantitative estimate of drug-likeness (QED) is 0.566. The Balaban J connectivity index is 2.50. The topological polar surface area (TPSA) is 60.4 Å². The van der Waals surface area contributed by atoms with Crippen LogP contribution in [0.3, 0.4) is 0 Å². The van der Waals surface area contributed by atoms with Crippen molar-refractivity contribution in [3.05, 3.63) is 0 Å². The molecule has 0 heterocycles. The summed E-state index contributed by atoms with van der Waals surface area (Å²) in [6.45, 7) is 4.00. The average Bonchev–Trinajstić information content (AvgIpc) is 2.07. The van der Waals surface area contributed by atoms with Crippen molar-refractivity contribution < 1.29 is 17.9 Å². The maximum Gasteiger partial charge on any atom is 0.311 e. The van der Waals surface area contributed by atoms with Gasteiger partial charge in [0.2, 0.25) is 9.05 Å². The maximum atomic E-state index is 11.5. The van der Waals surface area contributed by atoms with E-state index < -0.39 is 19.7 Å². The van der Waals surface area contributed by atoms with Crippen molar-refractivity contribution >= 4 is 25.7 Å². The molecule has 88 valence electrons. The Labute approximate surface area is 94.4 Å². The first-order chi connectivity index (χ1) is 6.79. The fourth-order valence-electron chi connectivity index (χ4n) is 1.68. The number of esters is 1. The Bertz CT molecular complexity index is 343. The number of carbonyl (C=O) groups excluding carboxylic acids is 1. The van der Waals surface area contributed by atoms with E-state index in [1.54, 1.807) is 6.92 Å². The number of halogens is 1. The molecule has 1 fully saturated rings. The third-order valence-electron chi connectivity index (χ3n) is 2.68. The lowest BCUT2D eigenvalue weighted by Gasteiger charge is -2.40. The van der Waals surface area contributed by atoms with Gasteiger partial charge in [-0.15, -0.1) is 0 Å². The Kier molecular flexibility index (Phi) is 3.66. The second kappa shape index (κ2) is 4.29. The zero-order valence-corrected chi connectivity index (χ0v) is 10.4. The molecule has 0 N–H and O–H groups in total. The molecule has 0 aliphatic heterocycles. The summed E-state index contributed by atoms with van der Waals surface area (Å²) in [6.07, 6.45) is 1.29. The van der Waals surface area contributed by atoms with Crippen LogP contribution < -0.4 is 0 Å². The normalized spacial score (nSPS) is 30.7. The van der Waals surface area contributed by atoms with E-state index in [0.29, 0.717) is 6.61 Å². The molecule has 0 spiro atoms. The van der Waals surface area contributed by atoms with Crippen molar-refractivity contribution in [1.29, 1.82) is 0 Å². The number of ether oxygens (including phenoxy) is 1. The van der Waals surface area contributed by atoms with Gasteiger partial charge >= 0.3 is 5.97 Å². The number of rotatable bonds is 4. The zero-order valence-electron chi connectivity index (χ0n) is 8.82. The first kappa shape index (κ1) is 12.8. The van der Waals surface area contributed by atoms with Gasteiger partial charge in [0, 0.05) is 10.7 Å². The molecule has 0 amide bonds. The molecule has 0 aromatic heterocycles. The Hall–Kier alpha value is -0.290.